The van der Waals surface area contributed by atoms with Crippen LogP contribution in [0.15, 0.2) is 47.1 Å². The highest BCUT2D eigenvalue weighted by Crippen LogP contribution is 2.29. The van der Waals surface area contributed by atoms with Crippen molar-refractivity contribution in [3.8, 4) is 5.75 Å². The van der Waals surface area contributed by atoms with Crippen molar-refractivity contribution >= 4 is 23.4 Å². The third kappa shape index (κ3) is 3.83. The molecule has 0 saturated carbocycles. The van der Waals surface area contributed by atoms with E-state index in [-0.39, 0.29) is 30.1 Å². The Bertz CT molecular complexity index is 903. The van der Waals surface area contributed by atoms with Crippen LogP contribution in [0, 0.1) is 5.92 Å². The minimum absolute atomic E-state index is 0.0335. The summed E-state index contributed by atoms with van der Waals surface area (Å²) in [5.74, 6) is 0.336. The number of hydrogen-bond donors (Lipinski definition) is 0. The fourth-order valence-corrected chi connectivity index (χ4v) is 3.85. The number of methoxy groups -OCH3 is 1. The number of hydrogen-bond acceptors (Lipinski definition) is 5. The number of furan rings is 1. The molecule has 0 unspecified atom stereocenters. The molecule has 0 bridgehead atoms. The number of nitrogens with zero attached hydrogens (tertiary/aromatic N) is 3. The number of ether oxygens (including phenoxy) is 1. The van der Waals surface area contributed by atoms with Gasteiger partial charge in [0.05, 0.1) is 19.3 Å². The van der Waals surface area contributed by atoms with Gasteiger partial charge in [0.2, 0.25) is 11.8 Å². The minimum atomic E-state index is -0.374. The first-order chi connectivity index (χ1) is 14.1. The van der Waals surface area contributed by atoms with Crippen molar-refractivity contribution in [3.05, 3.63) is 48.4 Å². The van der Waals surface area contributed by atoms with Gasteiger partial charge in [0.25, 0.3) is 5.91 Å². The molecule has 2 aliphatic heterocycles. The zero-order chi connectivity index (χ0) is 20.4. The first kappa shape index (κ1) is 19.0. The number of amides is 3. The van der Waals surface area contributed by atoms with Crippen molar-refractivity contribution in [1.82, 2.24) is 9.80 Å². The summed E-state index contributed by atoms with van der Waals surface area (Å²) in [6.07, 6.45) is 1.67. The van der Waals surface area contributed by atoms with E-state index in [9.17, 15) is 14.4 Å². The molecule has 3 amide bonds. The maximum atomic E-state index is 13.0. The van der Waals surface area contributed by atoms with E-state index >= 15 is 0 Å². The van der Waals surface area contributed by atoms with Crippen LogP contribution >= 0.6 is 0 Å². The van der Waals surface area contributed by atoms with Gasteiger partial charge in [-0.25, -0.2) is 0 Å². The van der Waals surface area contributed by atoms with Crippen molar-refractivity contribution < 1.29 is 23.5 Å². The summed E-state index contributed by atoms with van der Waals surface area (Å²) < 4.78 is 10.4. The Labute approximate surface area is 168 Å². The first-order valence-electron chi connectivity index (χ1n) is 9.63. The number of piperazine rings is 1. The lowest BCUT2D eigenvalue weighted by molar-refractivity contribution is -0.137. The number of carbonyl (C=O) groups is 3. The molecule has 29 heavy (non-hydrogen) atoms. The zero-order valence-corrected chi connectivity index (χ0v) is 16.2. The van der Waals surface area contributed by atoms with Gasteiger partial charge in [0, 0.05) is 50.9 Å². The molecule has 4 rings (SSSR count). The summed E-state index contributed by atoms with van der Waals surface area (Å²) in [6.45, 7) is 2.16. The maximum Gasteiger partial charge on any atom is 0.289 e. The first-order valence-corrected chi connectivity index (χ1v) is 9.63. The van der Waals surface area contributed by atoms with Crippen molar-refractivity contribution in [2.75, 3.05) is 44.7 Å². The van der Waals surface area contributed by atoms with Crippen LogP contribution in [0.25, 0.3) is 0 Å². The quantitative estimate of drug-likeness (QED) is 0.783. The fourth-order valence-electron chi connectivity index (χ4n) is 3.85. The molecule has 152 valence electrons. The van der Waals surface area contributed by atoms with E-state index in [0.717, 1.165) is 5.69 Å². The van der Waals surface area contributed by atoms with Crippen LogP contribution < -0.4 is 9.64 Å². The Morgan fingerprint density at radius 3 is 2.52 bits per heavy atom. The van der Waals surface area contributed by atoms with Crippen LogP contribution in [-0.2, 0) is 9.59 Å². The van der Waals surface area contributed by atoms with E-state index in [1.54, 1.807) is 40.0 Å². The van der Waals surface area contributed by atoms with Gasteiger partial charge >= 0.3 is 0 Å². The Kier molecular flexibility index (Phi) is 5.24. The van der Waals surface area contributed by atoms with E-state index in [2.05, 4.69) is 0 Å². The maximum absolute atomic E-state index is 13.0. The standard InChI is InChI=1S/C21H23N3O5/c1-28-17-5-2-4-16(13-17)24-14-15(12-19(24)25)20(26)22-7-9-23(10-8-22)21(27)18-6-3-11-29-18/h2-6,11,13,15H,7-10,12,14H2,1H3/t15-/m1/s1. The van der Waals surface area contributed by atoms with Crippen molar-refractivity contribution in [2.45, 2.75) is 6.42 Å². The van der Waals surface area contributed by atoms with Gasteiger partial charge in [-0.3, -0.25) is 14.4 Å². The van der Waals surface area contributed by atoms with E-state index in [0.29, 0.717) is 44.2 Å². The van der Waals surface area contributed by atoms with Gasteiger partial charge in [-0.15, -0.1) is 0 Å². The van der Waals surface area contributed by atoms with Gasteiger partial charge in [0.1, 0.15) is 5.75 Å². The molecule has 0 aliphatic carbocycles. The molecule has 2 aromatic rings. The summed E-state index contributed by atoms with van der Waals surface area (Å²) in [6, 6.07) is 10.6. The molecule has 8 nitrogen and oxygen atoms in total. The third-order valence-electron chi connectivity index (χ3n) is 5.45. The predicted octanol–water partition coefficient (Wildman–Crippen LogP) is 1.63. The molecule has 2 aliphatic rings. The third-order valence-corrected chi connectivity index (χ3v) is 5.45. The second kappa shape index (κ2) is 7.98. The summed E-state index contributed by atoms with van der Waals surface area (Å²) >= 11 is 0. The van der Waals surface area contributed by atoms with E-state index < -0.39 is 0 Å². The summed E-state index contributed by atoms with van der Waals surface area (Å²) in [5.41, 5.74) is 0.735. The number of anilines is 1. The van der Waals surface area contributed by atoms with Crippen molar-refractivity contribution in [2.24, 2.45) is 5.92 Å². The average molecular weight is 397 g/mol. The van der Waals surface area contributed by atoms with Gasteiger partial charge in [0.15, 0.2) is 5.76 Å². The van der Waals surface area contributed by atoms with Crippen LogP contribution in [0.3, 0.4) is 0 Å². The largest absolute Gasteiger partial charge is 0.497 e. The lowest BCUT2D eigenvalue weighted by atomic mass is 10.1. The molecule has 0 radical (unpaired) electrons. The fraction of sp³-hybridized carbons (Fsp3) is 0.381. The van der Waals surface area contributed by atoms with E-state index in [1.165, 1.54) is 6.26 Å². The molecule has 2 saturated heterocycles. The van der Waals surface area contributed by atoms with Gasteiger partial charge < -0.3 is 23.9 Å². The zero-order valence-electron chi connectivity index (χ0n) is 16.2. The highest BCUT2D eigenvalue weighted by atomic mass is 16.5. The Balaban J connectivity index is 1.36. The van der Waals surface area contributed by atoms with Crippen LogP contribution in [0.2, 0.25) is 0 Å². The Morgan fingerprint density at radius 1 is 1.07 bits per heavy atom. The topological polar surface area (TPSA) is 83.3 Å². The monoisotopic (exact) mass is 397 g/mol. The van der Waals surface area contributed by atoms with Crippen molar-refractivity contribution in [3.63, 3.8) is 0 Å². The molecule has 0 spiro atoms. The highest BCUT2D eigenvalue weighted by Gasteiger charge is 2.38. The van der Waals surface area contributed by atoms with Crippen molar-refractivity contribution in [1.29, 1.82) is 0 Å². The van der Waals surface area contributed by atoms with Gasteiger partial charge in [-0.2, -0.15) is 0 Å². The predicted molar refractivity (Wildman–Crippen MR) is 105 cm³/mol. The molecule has 8 heteroatoms. The Morgan fingerprint density at radius 2 is 1.83 bits per heavy atom. The molecule has 2 fully saturated rings. The molecule has 0 N–H and O–H groups in total. The highest BCUT2D eigenvalue weighted by molar-refractivity contribution is 6.00. The van der Waals surface area contributed by atoms with E-state index in [4.69, 9.17) is 9.15 Å². The van der Waals surface area contributed by atoms with Gasteiger partial charge in [-0.05, 0) is 24.3 Å². The second-order valence-corrected chi connectivity index (χ2v) is 7.20. The SMILES string of the molecule is COc1cccc(N2C[C@H](C(=O)N3CCN(C(=O)c4ccco4)CC3)CC2=O)c1. The average Bonchev–Trinajstić information content (AvgIpc) is 3.43. The molecular formula is C21H23N3O5. The molecule has 1 aromatic carbocycles. The summed E-state index contributed by atoms with van der Waals surface area (Å²) in [4.78, 5) is 42.9. The molecule has 3 heterocycles. The number of carbonyl (C=O) groups excluding carboxylic acids is 3. The molecular weight excluding hydrogens is 374 g/mol. The van der Waals surface area contributed by atoms with Gasteiger partial charge in [-0.1, -0.05) is 6.07 Å². The lowest BCUT2D eigenvalue weighted by Crippen LogP contribution is -2.52. The lowest BCUT2D eigenvalue weighted by Gasteiger charge is -2.35. The Hall–Kier alpha value is -3.29. The van der Waals surface area contributed by atoms with Crippen LogP contribution in [-0.4, -0.2) is 67.4 Å². The summed E-state index contributed by atoms with van der Waals surface area (Å²) in [5, 5.41) is 0. The normalized spacial score (nSPS) is 19.6. The van der Waals surface area contributed by atoms with E-state index in [1.807, 2.05) is 18.2 Å². The number of rotatable bonds is 4. The summed E-state index contributed by atoms with van der Waals surface area (Å²) in [7, 11) is 1.58. The minimum Gasteiger partial charge on any atom is -0.497 e. The van der Waals surface area contributed by atoms with Crippen LogP contribution in [0.4, 0.5) is 5.69 Å². The second-order valence-electron chi connectivity index (χ2n) is 7.20. The molecule has 1 atom stereocenters. The smallest absolute Gasteiger partial charge is 0.289 e. The number of benzene rings is 1. The van der Waals surface area contributed by atoms with Crippen LogP contribution in [0.1, 0.15) is 17.0 Å². The molecule has 1 aromatic heterocycles. The van der Waals surface area contributed by atoms with Crippen LogP contribution in [0.5, 0.6) is 5.75 Å².